The molecule has 138 valence electrons. The number of nitrogens with zero attached hydrogens (tertiary/aromatic N) is 3. The van der Waals surface area contributed by atoms with E-state index in [0.717, 1.165) is 34.6 Å². The number of benzene rings is 1. The summed E-state index contributed by atoms with van der Waals surface area (Å²) in [4.78, 5) is 12.2. The van der Waals surface area contributed by atoms with Crippen LogP contribution in [0.4, 0.5) is 10.1 Å². The number of para-hydroxylation sites is 1. The van der Waals surface area contributed by atoms with Crippen LogP contribution in [0.15, 0.2) is 45.8 Å². The van der Waals surface area contributed by atoms with E-state index >= 15 is 0 Å². The highest BCUT2D eigenvalue weighted by atomic mass is 32.2. The fourth-order valence-corrected chi connectivity index (χ4v) is 3.70. The smallest absolute Gasteiger partial charge is 0.234 e. The number of thioether (sulfide) groups is 1. The topological polar surface area (TPSA) is 72.4 Å². The van der Waals surface area contributed by atoms with Gasteiger partial charge in [0, 0.05) is 18.6 Å². The fourth-order valence-electron chi connectivity index (χ4n) is 2.96. The number of aryl methyl sites for hydroxylation is 2. The number of hydrogen-bond acceptors (Lipinski definition) is 5. The Morgan fingerprint density at radius 2 is 2.07 bits per heavy atom. The second-order valence-electron chi connectivity index (χ2n) is 6.06. The molecule has 27 heavy (non-hydrogen) atoms. The molecular weight excluding hydrogens is 367 g/mol. The zero-order valence-electron chi connectivity index (χ0n) is 14.8. The summed E-state index contributed by atoms with van der Waals surface area (Å²) < 4.78 is 21.4. The maximum Gasteiger partial charge on any atom is 0.234 e. The van der Waals surface area contributed by atoms with Crippen LogP contribution in [0.5, 0.6) is 0 Å². The van der Waals surface area contributed by atoms with Gasteiger partial charge in [-0.3, -0.25) is 9.20 Å². The third kappa shape index (κ3) is 3.28. The molecule has 0 radical (unpaired) electrons. The third-order valence-electron chi connectivity index (χ3n) is 4.15. The zero-order chi connectivity index (χ0) is 19.0. The zero-order valence-corrected chi connectivity index (χ0v) is 15.6. The highest BCUT2D eigenvalue weighted by molar-refractivity contribution is 8.00. The molecule has 1 N–H and O–H groups in total. The van der Waals surface area contributed by atoms with Crippen LogP contribution in [0, 0.1) is 12.7 Å². The van der Waals surface area contributed by atoms with E-state index in [9.17, 15) is 9.18 Å². The summed E-state index contributed by atoms with van der Waals surface area (Å²) in [5.41, 5.74) is 2.71. The standard InChI is InChI=1S/C19H17FN4O2S/c1-3-17-22-23-19(15-9-16-14(24(15)17)8-11(2)26-16)27-10-18(25)21-13-7-5-4-6-12(13)20/h4-9H,3,10H2,1-2H3,(H,21,25). The highest BCUT2D eigenvalue weighted by Gasteiger charge is 2.17. The van der Waals surface area contributed by atoms with Crippen molar-refractivity contribution in [1.29, 1.82) is 0 Å². The predicted octanol–water partition coefficient (Wildman–Crippen LogP) is 4.22. The number of hydrogen-bond donors (Lipinski definition) is 1. The first kappa shape index (κ1) is 17.5. The number of aromatic nitrogens is 3. The lowest BCUT2D eigenvalue weighted by atomic mass is 10.3. The number of carbonyl (C=O) groups excluding carboxylic acids is 1. The Labute approximate surface area is 158 Å². The summed E-state index contributed by atoms with van der Waals surface area (Å²) in [5.74, 6) is 0.964. The molecule has 0 unspecified atom stereocenters. The Bertz CT molecular complexity index is 1150. The molecule has 0 spiro atoms. The minimum Gasteiger partial charge on any atom is -0.460 e. The minimum absolute atomic E-state index is 0.0930. The van der Waals surface area contributed by atoms with Crippen LogP contribution in [-0.2, 0) is 11.2 Å². The van der Waals surface area contributed by atoms with Crippen molar-refractivity contribution in [2.75, 3.05) is 11.1 Å². The Kier molecular flexibility index (Phi) is 4.57. The van der Waals surface area contributed by atoms with Gasteiger partial charge in [0.2, 0.25) is 5.91 Å². The van der Waals surface area contributed by atoms with Crippen LogP contribution in [0.2, 0.25) is 0 Å². The molecule has 4 aromatic rings. The van der Waals surface area contributed by atoms with E-state index in [2.05, 4.69) is 15.5 Å². The van der Waals surface area contributed by atoms with Crippen LogP contribution in [0.1, 0.15) is 18.5 Å². The van der Waals surface area contributed by atoms with E-state index in [1.807, 2.05) is 30.4 Å². The highest BCUT2D eigenvalue weighted by Crippen LogP contribution is 2.30. The number of anilines is 1. The van der Waals surface area contributed by atoms with Gasteiger partial charge < -0.3 is 9.73 Å². The van der Waals surface area contributed by atoms with Crippen LogP contribution < -0.4 is 5.32 Å². The first-order valence-corrected chi connectivity index (χ1v) is 9.49. The summed E-state index contributed by atoms with van der Waals surface area (Å²) in [6.07, 6.45) is 0.718. The van der Waals surface area contributed by atoms with Gasteiger partial charge in [0.25, 0.3) is 0 Å². The average Bonchev–Trinajstić information content (AvgIpc) is 3.18. The van der Waals surface area contributed by atoms with Crippen molar-refractivity contribution < 1.29 is 13.6 Å². The Hall–Kier alpha value is -2.87. The molecule has 3 heterocycles. The lowest BCUT2D eigenvalue weighted by Crippen LogP contribution is -2.15. The molecule has 0 aliphatic rings. The largest absolute Gasteiger partial charge is 0.460 e. The van der Waals surface area contributed by atoms with Crippen molar-refractivity contribution >= 4 is 40.0 Å². The number of nitrogens with one attached hydrogen (secondary N) is 1. The normalized spacial score (nSPS) is 11.4. The summed E-state index contributed by atoms with van der Waals surface area (Å²) >= 11 is 1.25. The van der Waals surface area contributed by atoms with Crippen LogP contribution in [0.3, 0.4) is 0 Å². The van der Waals surface area contributed by atoms with Crippen LogP contribution in [0.25, 0.3) is 16.6 Å². The molecule has 3 aromatic heterocycles. The van der Waals surface area contributed by atoms with Crippen molar-refractivity contribution in [2.24, 2.45) is 0 Å². The molecule has 0 aliphatic carbocycles. The van der Waals surface area contributed by atoms with E-state index in [1.165, 1.54) is 23.9 Å². The maximum atomic E-state index is 13.7. The maximum absolute atomic E-state index is 13.7. The Morgan fingerprint density at radius 3 is 2.85 bits per heavy atom. The Morgan fingerprint density at radius 1 is 1.26 bits per heavy atom. The molecule has 0 atom stereocenters. The first-order valence-electron chi connectivity index (χ1n) is 8.51. The molecule has 8 heteroatoms. The third-order valence-corrected chi connectivity index (χ3v) is 5.12. The van der Waals surface area contributed by atoms with Gasteiger partial charge in [0.1, 0.15) is 22.4 Å². The van der Waals surface area contributed by atoms with Gasteiger partial charge in [-0.2, -0.15) is 0 Å². The minimum atomic E-state index is -0.465. The number of fused-ring (bicyclic) bond motifs is 3. The van der Waals surface area contributed by atoms with E-state index in [1.54, 1.807) is 12.1 Å². The Balaban J connectivity index is 1.60. The number of rotatable bonds is 5. The lowest BCUT2D eigenvalue weighted by molar-refractivity contribution is -0.113. The number of halogens is 1. The van der Waals surface area contributed by atoms with Gasteiger partial charge in [0.05, 0.1) is 22.5 Å². The van der Waals surface area contributed by atoms with Crippen molar-refractivity contribution in [2.45, 2.75) is 25.3 Å². The average molecular weight is 384 g/mol. The fraction of sp³-hybridized carbons (Fsp3) is 0.211. The molecule has 6 nitrogen and oxygen atoms in total. The summed E-state index contributed by atoms with van der Waals surface area (Å²) in [7, 11) is 0. The van der Waals surface area contributed by atoms with Crippen molar-refractivity contribution in [1.82, 2.24) is 14.6 Å². The molecule has 0 saturated heterocycles. The molecular formula is C19H17FN4O2S. The van der Waals surface area contributed by atoms with E-state index in [-0.39, 0.29) is 17.3 Å². The second kappa shape index (κ2) is 7.03. The SMILES string of the molecule is CCc1nnc(SCC(=O)Nc2ccccc2F)c2cc3oc(C)cc3n12. The van der Waals surface area contributed by atoms with Gasteiger partial charge in [0.15, 0.2) is 5.58 Å². The molecule has 0 bridgehead atoms. The number of furan rings is 1. The number of amides is 1. The number of carbonyl (C=O) groups is 1. The summed E-state index contributed by atoms with van der Waals surface area (Å²) in [6, 6.07) is 9.94. The lowest BCUT2D eigenvalue weighted by Gasteiger charge is -2.08. The van der Waals surface area contributed by atoms with Gasteiger partial charge in [-0.25, -0.2) is 4.39 Å². The van der Waals surface area contributed by atoms with E-state index in [0.29, 0.717) is 5.03 Å². The van der Waals surface area contributed by atoms with Crippen LogP contribution in [-0.4, -0.2) is 26.3 Å². The molecule has 0 aliphatic heterocycles. The first-order chi connectivity index (χ1) is 13.1. The summed E-state index contributed by atoms with van der Waals surface area (Å²) in [5, 5.41) is 11.8. The quantitative estimate of drug-likeness (QED) is 0.522. The van der Waals surface area contributed by atoms with Gasteiger partial charge in [-0.05, 0) is 19.1 Å². The van der Waals surface area contributed by atoms with Crippen molar-refractivity contribution in [3.63, 3.8) is 0 Å². The monoisotopic (exact) mass is 384 g/mol. The molecule has 1 amide bonds. The molecule has 0 fully saturated rings. The molecule has 0 saturated carbocycles. The van der Waals surface area contributed by atoms with Gasteiger partial charge in [-0.1, -0.05) is 30.8 Å². The summed E-state index contributed by atoms with van der Waals surface area (Å²) in [6.45, 7) is 3.91. The predicted molar refractivity (Wildman–Crippen MR) is 103 cm³/mol. The van der Waals surface area contributed by atoms with Gasteiger partial charge in [-0.15, -0.1) is 10.2 Å². The molecule has 1 aromatic carbocycles. The van der Waals surface area contributed by atoms with Crippen LogP contribution >= 0.6 is 11.8 Å². The van der Waals surface area contributed by atoms with E-state index < -0.39 is 5.82 Å². The second-order valence-corrected chi connectivity index (χ2v) is 7.03. The van der Waals surface area contributed by atoms with Crippen molar-refractivity contribution in [3.05, 3.63) is 53.8 Å². The van der Waals surface area contributed by atoms with E-state index in [4.69, 9.17) is 4.42 Å². The molecule has 4 rings (SSSR count). The van der Waals surface area contributed by atoms with Crippen molar-refractivity contribution in [3.8, 4) is 0 Å². The van der Waals surface area contributed by atoms with Gasteiger partial charge >= 0.3 is 0 Å².